The number of aliphatic imine (C=N–C) groups is 1. The zero-order valence-corrected chi connectivity index (χ0v) is 20.4. The van der Waals surface area contributed by atoms with Crippen LogP contribution in [0.3, 0.4) is 0 Å². The number of alkyl halides is 1. The van der Waals surface area contributed by atoms with Crippen LogP contribution in [-0.2, 0) is 4.74 Å². The van der Waals surface area contributed by atoms with Crippen LogP contribution in [0.2, 0.25) is 5.02 Å². The van der Waals surface area contributed by atoms with Crippen molar-refractivity contribution in [1.82, 2.24) is 19.7 Å². The molecule has 7 nitrogen and oxygen atoms in total. The highest BCUT2D eigenvalue weighted by atomic mass is 35.5. The molecule has 180 valence electrons. The maximum Gasteiger partial charge on any atom is 0.188 e. The van der Waals surface area contributed by atoms with Gasteiger partial charge in [0.15, 0.2) is 17.1 Å². The molecule has 4 heterocycles. The van der Waals surface area contributed by atoms with Crippen molar-refractivity contribution >= 4 is 34.3 Å². The summed E-state index contributed by atoms with van der Waals surface area (Å²) in [6, 6.07) is 5.82. The summed E-state index contributed by atoms with van der Waals surface area (Å²) >= 11 is 6.96. The molecule has 2 aliphatic heterocycles. The van der Waals surface area contributed by atoms with Crippen molar-refractivity contribution in [2.45, 2.75) is 25.2 Å². The van der Waals surface area contributed by atoms with Gasteiger partial charge in [0.2, 0.25) is 0 Å². The van der Waals surface area contributed by atoms with Crippen molar-refractivity contribution in [3.63, 3.8) is 0 Å². The van der Waals surface area contributed by atoms with Crippen LogP contribution in [0.5, 0.6) is 0 Å². The standard InChI is InChI=1S/C17H21FN6OS.C6H4ClF/c1-11(18)24-8-12(6-22-24)13-7-21-15(16-20-3-4-26-16)23-9-17(19,10-25-2)5-14(13)23;7-5-2-1-3-6(8)4-5/h3-4,6,8,11H,5,7,9-10,19H2,1-2H3;1-4H. The van der Waals surface area contributed by atoms with Crippen LogP contribution in [0.4, 0.5) is 8.78 Å². The number of thiazole rings is 1. The van der Waals surface area contributed by atoms with Gasteiger partial charge in [-0.05, 0) is 25.1 Å². The molecule has 3 aromatic rings. The Morgan fingerprint density at radius 3 is 2.79 bits per heavy atom. The van der Waals surface area contributed by atoms with E-state index in [-0.39, 0.29) is 5.82 Å². The molecule has 0 bridgehead atoms. The topological polar surface area (TPSA) is 81.6 Å². The molecule has 0 radical (unpaired) electrons. The highest BCUT2D eigenvalue weighted by Crippen LogP contribution is 2.38. The molecule has 5 rings (SSSR count). The van der Waals surface area contributed by atoms with Crippen LogP contribution < -0.4 is 5.73 Å². The summed E-state index contributed by atoms with van der Waals surface area (Å²) in [5.74, 6) is 0.547. The van der Waals surface area contributed by atoms with Crippen molar-refractivity contribution in [1.29, 1.82) is 0 Å². The van der Waals surface area contributed by atoms with Gasteiger partial charge >= 0.3 is 0 Å². The number of hydrogen-bond acceptors (Lipinski definition) is 7. The molecule has 0 saturated carbocycles. The van der Waals surface area contributed by atoms with E-state index in [1.165, 1.54) is 23.7 Å². The van der Waals surface area contributed by atoms with E-state index in [1.54, 1.807) is 49.2 Å². The Bertz CT molecular complexity index is 1180. The number of hydrogen-bond donors (Lipinski definition) is 1. The van der Waals surface area contributed by atoms with Gasteiger partial charge in [0.05, 0.1) is 24.9 Å². The molecule has 2 N–H and O–H groups in total. The monoisotopic (exact) mass is 506 g/mol. The summed E-state index contributed by atoms with van der Waals surface area (Å²) in [6.45, 7) is 3.01. The number of nitrogens with zero attached hydrogens (tertiary/aromatic N) is 5. The summed E-state index contributed by atoms with van der Waals surface area (Å²) in [5, 5.41) is 7.36. The SMILES string of the molecule is COCC1(N)CC2=C(c3cnn(C(C)F)c3)CN=C(c3nccs3)N2C1.Fc1cccc(Cl)c1. The number of aromatic nitrogens is 3. The highest BCUT2D eigenvalue weighted by molar-refractivity contribution is 7.11. The normalized spacial score (nSPS) is 20.5. The molecule has 0 amide bonds. The maximum absolute atomic E-state index is 13.6. The number of nitrogens with two attached hydrogens (primary N) is 1. The van der Waals surface area contributed by atoms with Gasteiger partial charge in [-0.1, -0.05) is 17.7 Å². The van der Waals surface area contributed by atoms with Gasteiger partial charge in [-0.2, -0.15) is 5.10 Å². The Kier molecular flexibility index (Phi) is 7.42. The molecule has 2 aliphatic rings. The largest absolute Gasteiger partial charge is 0.383 e. The molecule has 1 saturated heterocycles. The third-order valence-corrected chi connectivity index (χ3v) is 6.47. The van der Waals surface area contributed by atoms with E-state index >= 15 is 0 Å². The van der Waals surface area contributed by atoms with Crippen LogP contribution in [-0.4, -0.2) is 57.8 Å². The summed E-state index contributed by atoms with van der Waals surface area (Å²) in [5.41, 5.74) is 9.08. The number of halogens is 3. The van der Waals surface area contributed by atoms with Crippen LogP contribution in [0, 0.1) is 5.82 Å². The number of fused-ring (bicyclic) bond motifs is 1. The van der Waals surface area contributed by atoms with Gasteiger partial charge < -0.3 is 15.4 Å². The van der Waals surface area contributed by atoms with Crippen LogP contribution in [0.15, 0.2) is 58.9 Å². The smallest absolute Gasteiger partial charge is 0.188 e. The molecule has 0 aliphatic carbocycles. The Morgan fingerprint density at radius 1 is 1.38 bits per heavy atom. The van der Waals surface area contributed by atoms with Crippen molar-refractivity contribution < 1.29 is 13.5 Å². The first-order chi connectivity index (χ1) is 16.3. The van der Waals surface area contributed by atoms with Crippen LogP contribution in [0.25, 0.3) is 5.57 Å². The van der Waals surface area contributed by atoms with E-state index in [0.717, 1.165) is 27.7 Å². The average molecular weight is 507 g/mol. The van der Waals surface area contributed by atoms with Crippen molar-refractivity contribution in [3.05, 3.63) is 75.3 Å². The Labute approximate surface area is 205 Å². The lowest BCUT2D eigenvalue weighted by Gasteiger charge is -2.28. The third-order valence-electron chi connectivity index (χ3n) is 5.47. The summed E-state index contributed by atoms with van der Waals surface area (Å²) in [7, 11) is 1.66. The molecular weight excluding hydrogens is 482 g/mol. The van der Waals surface area contributed by atoms with Gasteiger partial charge in [0.1, 0.15) is 5.82 Å². The zero-order valence-electron chi connectivity index (χ0n) is 18.8. The second-order valence-electron chi connectivity index (χ2n) is 8.18. The average Bonchev–Trinajstić information content (AvgIpc) is 3.53. The molecule has 11 heteroatoms. The molecule has 2 aromatic heterocycles. The molecule has 34 heavy (non-hydrogen) atoms. The van der Waals surface area contributed by atoms with E-state index in [4.69, 9.17) is 27.1 Å². The van der Waals surface area contributed by atoms with Crippen molar-refractivity contribution in [2.24, 2.45) is 10.7 Å². The summed E-state index contributed by atoms with van der Waals surface area (Å²) < 4.78 is 32.3. The lowest BCUT2D eigenvalue weighted by atomic mass is 9.97. The Balaban J connectivity index is 0.000000291. The van der Waals surface area contributed by atoms with Gasteiger partial charge in [-0.15, -0.1) is 11.3 Å². The quantitative estimate of drug-likeness (QED) is 0.550. The fourth-order valence-corrected chi connectivity index (χ4v) is 4.83. The van der Waals surface area contributed by atoms with Crippen molar-refractivity contribution in [2.75, 3.05) is 26.8 Å². The minimum absolute atomic E-state index is 0.294. The molecule has 1 aromatic carbocycles. The first-order valence-corrected chi connectivity index (χ1v) is 11.9. The second kappa shape index (κ2) is 10.3. The number of ether oxygens (including phenoxy) is 1. The summed E-state index contributed by atoms with van der Waals surface area (Å²) in [4.78, 5) is 11.3. The Hall–Kier alpha value is -2.66. The predicted molar refractivity (Wildman–Crippen MR) is 130 cm³/mol. The number of benzene rings is 1. The van der Waals surface area contributed by atoms with Gasteiger partial charge in [0.25, 0.3) is 0 Å². The first kappa shape index (κ1) is 24.5. The van der Waals surface area contributed by atoms with E-state index in [2.05, 4.69) is 15.0 Å². The van der Waals surface area contributed by atoms with Gasteiger partial charge in [-0.3, -0.25) is 4.99 Å². The molecule has 1 fully saturated rings. The lowest BCUT2D eigenvalue weighted by molar-refractivity contribution is 0.138. The first-order valence-electron chi connectivity index (χ1n) is 10.6. The van der Waals surface area contributed by atoms with E-state index in [1.807, 2.05) is 5.38 Å². The van der Waals surface area contributed by atoms with Gasteiger partial charge in [-0.25, -0.2) is 18.4 Å². The third kappa shape index (κ3) is 5.35. The molecule has 2 unspecified atom stereocenters. The summed E-state index contributed by atoms with van der Waals surface area (Å²) in [6.07, 6.45) is 4.68. The molecule has 0 spiro atoms. The minimum Gasteiger partial charge on any atom is -0.383 e. The van der Waals surface area contributed by atoms with Crippen molar-refractivity contribution in [3.8, 4) is 0 Å². The maximum atomic E-state index is 13.6. The van der Waals surface area contributed by atoms with E-state index < -0.39 is 11.8 Å². The van der Waals surface area contributed by atoms with E-state index in [0.29, 0.717) is 31.1 Å². The zero-order chi connectivity index (χ0) is 24.3. The Morgan fingerprint density at radius 2 is 2.21 bits per heavy atom. The predicted octanol–water partition coefficient (Wildman–Crippen LogP) is 4.53. The lowest BCUT2D eigenvalue weighted by Crippen LogP contribution is -2.47. The fraction of sp³-hybridized carbons (Fsp3) is 0.348. The molecular formula is C23H25ClF2N6OS. The van der Waals surface area contributed by atoms with Gasteiger partial charge in [0, 0.05) is 59.7 Å². The van der Waals surface area contributed by atoms with Crippen LogP contribution in [0.1, 0.15) is 30.2 Å². The minimum atomic E-state index is -1.17. The second-order valence-corrected chi connectivity index (χ2v) is 9.51. The number of rotatable bonds is 5. The highest BCUT2D eigenvalue weighted by Gasteiger charge is 2.43. The number of methoxy groups -OCH3 is 1. The van der Waals surface area contributed by atoms with Crippen LogP contribution >= 0.6 is 22.9 Å². The molecule has 2 atom stereocenters. The fourth-order valence-electron chi connectivity index (χ4n) is 4.01. The number of amidine groups is 1. The van der Waals surface area contributed by atoms with E-state index in [9.17, 15) is 8.78 Å².